The predicted octanol–water partition coefficient (Wildman–Crippen LogP) is 3.05. The van der Waals surface area contributed by atoms with Crippen LogP contribution in [0.2, 0.25) is 0 Å². The summed E-state index contributed by atoms with van der Waals surface area (Å²) >= 11 is 0. The van der Waals surface area contributed by atoms with Gasteiger partial charge in [-0.15, -0.1) is 0 Å². The number of hydrogen-bond acceptors (Lipinski definition) is 5. The molecule has 2 aromatic carbocycles. The van der Waals surface area contributed by atoms with Gasteiger partial charge in [0.1, 0.15) is 5.75 Å². The lowest BCUT2D eigenvalue weighted by Gasteiger charge is -2.21. The van der Waals surface area contributed by atoms with Crippen molar-refractivity contribution in [2.24, 2.45) is 0 Å². The van der Waals surface area contributed by atoms with E-state index in [0.29, 0.717) is 30.2 Å². The van der Waals surface area contributed by atoms with Crippen molar-refractivity contribution in [3.8, 4) is 5.75 Å². The number of hydrogen-bond donors (Lipinski definition) is 1. The summed E-state index contributed by atoms with van der Waals surface area (Å²) < 4.78 is 33.2. The van der Waals surface area contributed by atoms with Gasteiger partial charge in [0, 0.05) is 31.4 Å². The maximum absolute atomic E-state index is 12.6. The Morgan fingerprint density at radius 2 is 1.70 bits per heavy atom. The van der Waals surface area contributed by atoms with Crippen LogP contribution in [-0.2, 0) is 10.0 Å². The van der Waals surface area contributed by atoms with E-state index in [9.17, 15) is 13.2 Å². The molecule has 0 spiro atoms. The fourth-order valence-corrected chi connectivity index (χ4v) is 4.45. The van der Waals surface area contributed by atoms with Gasteiger partial charge in [-0.25, -0.2) is 8.42 Å². The highest BCUT2D eigenvalue weighted by Crippen LogP contribution is 2.20. The molecule has 0 radical (unpaired) electrons. The van der Waals surface area contributed by atoms with Crippen LogP contribution in [0.5, 0.6) is 5.75 Å². The van der Waals surface area contributed by atoms with Crippen molar-refractivity contribution in [1.29, 1.82) is 0 Å². The average Bonchev–Trinajstić information content (AvgIpc) is 3.27. The van der Waals surface area contributed by atoms with Gasteiger partial charge in [-0.1, -0.05) is 0 Å². The molecular formula is C22H29N3O4S. The van der Waals surface area contributed by atoms with Gasteiger partial charge >= 0.3 is 0 Å². The fraction of sp³-hybridized carbons (Fsp3) is 0.409. The van der Waals surface area contributed by atoms with Gasteiger partial charge in [-0.05, 0) is 81.4 Å². The lowest BCUT2D eigenvalue weighted by atomic mass is 10.2. The number of nitrogens with zero attached hydrogens (tertiary/aromatic N) is 2. The van der Waals surface area contributed by atoms with Crippen LogP contribution in [0.25, 0.3) is 0 Å². The normalized spacial score (nSPS) is 14.5. The fourth-order valence-electron chi connectivity index (χ4n) is 3.40. The Morgan fingerprint density at radius 1 is 1.07 bits per heavy atom. The lowest BCUT2D eigenvalue weighted by Crippen LogP contribution is -2.35. The molecule has 1 saturated heterocycles. The van der Waals surface area contributed by atoms with Gasteiger partial charge in [0.2, 0.25) is 0 Å². The van der Waals surface area contributed by atoms with Gasteiger partial charge < -0.3 is 14.5 Å². The summed E-state index contributed by atoms with van der Waals surface area (Å²) in [5.41, 5.74) is 0.916. The maximum atomic E-state index is 12.6. The molecule has 3 rings (SSSR count). The molecule has 1 amide bonds. The number of anilines is 1. The van der Waals surface area contributed by atoms with Gasteiger partial charge in [0.15, 0.2) is 0 Å². The Kier molecular flexibility index (Phi) is 7.33. The first-order valence-corrected chi connectivity index (χ1v) is 11.7. The number of amides is 1. The van der Waals surface area contributed by atoms with E-state index >= 15 is 0 Å². The molecular weight excluding hydrogens is 402 g/mol. The first-order chi connectivity index (χ1) is 14.4. The van der Waals surface area contributed by atoms with E-state index in [1.54, 1.807) is 48.3 Å². The molecule has 8 heteroatoms. The molecule has 1 aliphatic heterocycles. The number of ether oxygens (including phenoxy) is 1. The second-order valence-electron chi connectivity index (χ2n) is 7.36. The van der Waals surface area contributed by atoms with Gasteiger partial charge in [0.05, 0.1) is 11.5 Å². The van der Waals surface area contributed by atoms with Crippen molar-refractivity contribution in [2.45, 2.75) is 24.7 Å². The zero-order chi connectivity index (χ0) is 21.6. The molecule has 2 aromatic rings. The standard InChI is InChI=1S/C22H29N3O4S/c1-3-29-20-10-8-19(9-11-20)23-30(27,28)21-12-6-18(7-13-21)22(26)24(2)16-17-25-14-4-5-15-25/h6-13,23H,3-5,14-17H2,1-2H3. The largest absolute Gasteiger partial charge is 0.494 e. The van der Waals surface area contributed by atoms with Gasteiger partial charge in [-0.2, -0.15) is 0 Å². The molecule has 1 N–H and O–H groups in total. The number of carbonyl (C=O) groups is 1. The van der Waals surface area contributed by atoms with Crippen LogP contribution in [0, 0.1) is 0 Å². The second kappa shape index (κ2) is 9.95. The molecule has 0 aliphatic carbocycles. The number of benzene rings is 2. The van der Waals surface area contributed by atoms with Crippen LogP contribution in [0.1, 0.15) is 30.1 Å². The second-order valence-corrected chi connectivity index (χ2v) is 9.05. The SMILES string of the molecule is CCOc1ccc(NS(=O)(=O)c2ccc(C(=O)N(C)CCN3CCCC3)cc2)cc1. The molecule has 0 bridgehead atoms. The third-order valence-electron chi connectivity index (χ3n) is 5.13. The third-order valence-corrected chi connectivity index (χ3v) is 6.52. The Balaban J connectivity index is 1.60. The molecule has 30 heavy (non-hydrogen) atoms. The molecule has 1 aliphatic rings. The third kappa shape index (κ3) is 5.73. The van der Waals surface area contributed by atoms with Crippen LogP contribution in [-0.4, -0.2) is 64.0 Å². The smallest absolute Gasteiger partial charge is 0.261 e. The van der Waals surface area contributed by atoms with Crippen molar-refractivity contribution in [3.63, 3.8) is 0 Å². The maximum Gasteiger partial charge on any atom is 0.261 e. The predicted molar refractivity (Wildman–Crippen MR) is 117 cm³/mol. The number of nitrogens with one attached hydrogen (secondary N) is 1. The average molecular weight is 432 g/mol. The molecule has 0 atom stereocenters. The highest BCUT2D eigenvalue weighted by atomic mass is 32.2. The number of rotatable bonds is 9. The van der Waals surface area contributed by atoms with Crippen molar-refractivity contribution < 1.29 is 17.9 Å². The van der Waals surface area contributed by atoms with Crippen molar-refractivity contribution in [1.82, 2.24) is 9.80 Å². The summed E-state index contributed by atoms with van der Waals surface area (Å²) in [6.45, 7) is 6.13. The van der Waals surface area contributed by atoms with Gasteiger partial charge in [-0.3, -0.25) is 9.52 Å². The highest BCUT2D eigenvalue weighted by Gasteiger charge is 2.18. The van der Waals surface area contributed by atoms with Crippen LogP contribution in [0.4, 0.5) is 5.69 Å². The summed E-state index contributed by atoms with van der Waals surface area (Å²) in [4.78, 5) is 16.8. The van der Waals surface area contributed by atoms with Crippen molar-refractivity contribution in [2.75, 3.05) is 44.6 Å². The Bertz CT molecular complexity index is 937. The van der Waals surface area contributed by atoms with E-state index in [0.717, 1.165) is 19.6 Å². The molecule has 0 aromatic heterocycles. The summed E-state index contributed by atoms with van der Waals surface area (Å²) in [6, 6.07) is 12.7. The minimum Gasteiger partial charge on any atom is -0.494 e. The summed E-state index contributed by atoms with van der Waals surface area (Å²) in [7, 11) is -1.97. The summed E-state index contributed by atoms with van der Waals surface area (Å²) in [6.07, 6.45) is 2.44. The molecule has 1 heterocycles. The van der Waals surface area contributed by atoms with E-state index in [4.69, 9.17) is 4.74 Å². The first-order valence-electron chi connectivity index (χ1n) is 10.2. The van der Waals surface area contributed by atoms with E-state index in [1.807, 2.05) is 6.92 Å². The van der Waals surface area contributed by atoms with Crippen LogP contribution in [0.3, 0.4) is 0 Å². The molecule has 0 saturated carbocycles. The zero-order valence-corrected chi connectivity index (χ0v) is 18.3. The minimum atomic E-state index is -3.74. The van der Waals surface area contributed by atoms with Crippen LogP contribution >= 0.6 is 0 Å². The number of sulfonamides is 1. The van der Waals surface area contributed by atoms with E-state index in [-0.39, 0.29) is 10.8 Å². The van der Waals surface area contributed by atoms with Crippen molar-refractivity contribution in [3.05, 3.63) is 54.1 Å². The molecule has 0 unspecified atom stereocenters. The van der Waals surface area contributed by atoms with E-state index < -0.39 is 10.0 Å². The Labute approximate surface area is 178 Å². The van der Waals surface area contributed by atoms with Crippen LogP contribution in [0.15, 0.2) is 53.4 Å². The number of likely N-dealkylation sites (tertiary alicyclic amines) is 1. The molecule has 7 nitrogen and oxygen atoms in total. The number of likely N-dealkylation sites (N-methyl/N-ethyl adjacent to an activating group) is 1. The Morgan fingerprint density at radius 3 is 2.30 bits per heavy atom. The molecule has 1 fully saturated rings. The molecule has 162 valence electrons. The van der Waals surface area contributed by atoms with Gasteiger partial charge in [0.25, 0.3) is 15.9 Å². The van der Waals surface area contributed by atoms with Crippen LogP contribution < -0.4 is 9.46 Å². The quantitative estimate of drug-likeness (QED) is 0.660. The van der Waals surface area contributed by atoms with E-state index in [1.165, 1.54) is 25.0 Å². The summed E-state index contributed by atoms with van der Waals surface area (Å²) in [5.74, 6) is 0.565. The number of carbonyl (C=O) groups excluding carboxylic acids is 1. The van der Waals surface area contributed by atoms with E-state index in [2.05, 4.69) is 9.62 Å². The monoisotopic (exact) mass is 431 g/mol. The summed E-state index contributed by atoms with van der Waals surface area (Å²) in [5, 5.41) is 0. The highest BCUT2D eigenvalue weighted by molar-refractivity contribution is 7.92. The topological polar surface area (TPSA) is 78.9 Å². The zero-order valence-electron chi connectivity index (χ0n) is 17.5. The van der Waals surface area contributed by atoms with Crippen molar-refractivity contribution >= 4 is 21.6 Å². The lowest BCUT2D eigenvalue weighted by molar-refractivity contribution is 0.0782. The minimum absolute atomic E-state index is 0.104. The Hall–Kier alpha value is -2.58. The first kappa shape index (κ1) is 22.1.